The highest BCUT2D eigenvalue weighted by molar-refractivity contribution is 5.83. The van der Waals surface area contributed by atoms with Crippen molar-refractivity contribution in [3.8, 4) is 0 Å². The van der Waals surface area contributed by atoms with E-state index in [2.05, 4.69) is 4.74 Å². The van der Waals surface area contributed by atoms with Crippen LogP contribution in [0, 0.1) is 11.8 Å². The molecule has 0 N–H and O–H groups in total. The molecule has 15 heavy (non-hydrogen) atoms. The number of methoxy groups -OCH3 is 1. The fourth-order valence-electron chi connectivity index (χ4n) is 2.44. The Kier molecular flexibility index (Phi) is 4.79. The molecule has 0 aromatic heterocycles. The summed E-state index contributed by atoms with van der Waals surface area (Å²) >= 11 is 0. The molecule has 1 aliphatic rings. The van der Waals surface area contributed by atoms with Crippen molar-refractivity contribution >= 4 is 11.8 Å². The molecule has 86 valence electrons. The van der Waals surface area contributed by atoms with Gasteiger partial charge < -0.3 is 4.74 Å². The Labute approximate surface area is 91.2 Å². The van der Waals surface area contributed by atoms with Crippen LogP contribution in [0.5, 0.6) is 0 Å². The molecular weight excluding hydrogens is 192 g/mol. The number of hydrogen-bond donors (Lipinski definition) is 0. The molecular formula is C12H20O3. The molecule has 3 heteroatoms. The van der Waals surface area contributed by atoms with Gasteiger partial charge in [-0.2, -0.15) is 0 Å². The van der Waals surface area contributed by atoms with Crippen molar-refractivity contribution in [1.29, 1.82) is 0 Å². The van der Waals surface area contributed by atoms with Gasteiger partial charge in [-0.05, 0) is 25.7 Å². The van der Waals surface area contributed by atoms with E-state index in [-0.39, 0.29) is 24.1 Å². The summed E-state index contributed by atoms with van der Waals surface area (Å²) in [6, 6.07) is 0. The van der Waals surface area contributed by atoms with Gasteiger partial charge in [0.25, 0.3) is 0 Å². The molecule has 0 heterocycles. The first-order valence-corrected chi connectivity index (χ1v) is 5.72. The fraction of sp³-hybridized carbons (Fsp3) is 0.833. The highest BCUT2D eigenvalue weighted by Gasteiger charge is 2.29. The summed E-state index contributed by atoms with van der Waals surface area (Å²) < 4.78 is 4.63. The second kappa shape index (κ2) is 5.89. The smallest absolute Gasteiger partial charge is 0.306 e. The Morgan fingerprint density at radius 1 is 1.27 bits per heavy atom. The first-order valence-electron chi connectivity index (χ1n) is 5.72. The molecule has 1 saturated carbocycles. The monoisotopic (exact) mass is 212 g/mol. The molecule has 1 aliphatic carbocycles. The molecule has 1 fully saturated rings. The number of rotatable bonds is 4. The molecule has 0 radical (unpaired) electrons. The minimum Gasteiger partial charge on any atom is -0.469 e. The zero-order chi connectivity index (χ0) is 11.3. The van der Waals surface area contributed by atoms with Crippen LogP contribution in [0.1, 0.15) is 45.4 Å². The van der Waals surface area contributed by atoms with E-state index >= 15 is 0 Å². The minimum absolute atomic E-state index is 0.113. The third-order valence-electron chi connectivity index (χ3n) is 3.36. The maximum absolute atomic E-state index is 11.5. The van der Waals surface area contributed by atoms with Gasteiger partial charge in [0, 0.05) is 5.92 Å². The zero-order valence-electron chi connectivity index (χ0n) is 9.62. The SMILES string of the molecule is COC(=O)CC(C(C)=O)C1CCCCC1. The van der Waals surface area contributed by atoms with E-state index in [1.54, 1.807) is 6.92 Å². The van der Waals surface area contributed by atoms with Gasteiger partial charge in [0.15, 0.2) is 0 Å². The topological polar surface area (TPSA) is 43.4 Å². The summed E-state index contributed by atoms with van der Waals surface area (Å²) in [6.45, 7) is 1.59. The quantitative estimate of drug-likeness (QED) is 0.672. The van der Waals surface area contributed by atoms with Crippen LogP contribution in [0.2, 0.25) is 0 Å². The molecule has 0 bridgehead atoms. The van der Waals surface area contributed by atoms with Crippen molar-refractivity contribution in [2.45, 2.75) is 45.4 Å². The lowest BCUT2D eigenvalue weighted by Crippen LogP contribution is -2.27. The molecule has 0 aromatic carbocycles. The Hall–Kier alpha value is -0.860. The third kappa shape index (κ3) is 3.65. The van der Waals surface area contributed by atoms with E-state index in [9.17, 15) is 9.59 Å². The van der Waals surface area contributed by atoms with Gasteiger partial charge in [0.2, 0.25) is 0 Å². The van der Waals surface area contributed by atoms with Crippen LogP contribution >= 0.6 is 0 Å². The molecule has 0 amide bonds. The lowest BCUT2D eigenvalue weighted by atomic mass is 9.77. The van der Waals surface area contributed by atoms with Crippen molar-refractivity contribution in [3.63, 3.8) is 0 Å². The third-order valence-corrected chi connectivity index (χ3v) is 3.36. The first kappa shape index (κ1) is 12.2. The number of ether oxygens (including phenoxy) is 1. The minimum atomic E-state index is -0.263. The van der Waals surface area contributed by atoms with E-state index in [1.165, 1.54) is 26.4 Å². The highest BCUT2D eigenvalue weighted by Crippen LogP contribution is 2.32. The van der Waals surface area contributed by atoms with Crippen molar-refractivity contribution < 1.29 is 14.3 Å². The maximum atomic E-state index is 11.5. The van der Waals surface area contributed by atoms with Crippen LogP contribution in [-0.4, -0.2) is 18.9 Å². The Balaban J connectivity index is 2.55. The Bertz CT molecular complexity index is 229. The summed E-state index contributed by atoms with van der Waals surface area (Å²) in [5, 5.41) is 0. The van der Waals surface area contributed by atoms with Crippen molar-refractivity contribution in [2.24, 2.45) is 11.8 Å². The molecule has 1 atom stereocenters. The Morgan fingerprint density at radius 2 is 1.87 bits per heavy atom. The van der Waals surface area contributed by atoms with Gasteiger partial charge in [0.05, 0.1) is 13.5 Å². The van der Waals surface area contributed by atoms with Gasteiger partial charge >= 0.3 is 5.97 Å². The van der Waals surface area contributed by atoms with E-state index in [1.807, 2.05) is 0 Å². The zero-order valence-corrected chi connectivity index (χ0v) is 9.62. The van der Waals surface area contributed by atoms with Crippen LogP contribution in [-0.2, 0) is 14.3 Å². The van der Waals surface area contributed by atoms with Crippen LogP contribution in [0.25, 0.3) is 0 Å². The average molecular weight is 212 g/mol. The molecule has 3 nitrogen and oxygen atoms in total. The largest absolute Gasteiger partial charge is 0.469 e. The van der Waals surface area contributed by atoms with E-state index in [0.29, 0.717) is 5.92 Å². The number of carbonyl (C=O) groups is 2. The van der Waals surface area contributed by atoms with Gasteiger partial charge in [-0.15, -0.1) is 0 Å². The number of carbonyl (C=O) groups excluding carboxylic acids is 2. The van der Waals surface area contributed by atoms with Gasteiger partial charge in [0.1, 0.15) is 5.78 Å². The normalized spacial score (nSPS) is 19.6. The summed E-state index contributed by atoms with van der Waals surface area (Å²) in [4.78, 5) is 22.7. The van der Waals surface area contributed by atoms with Crippen LogP contribution in [0.15, 0.2) is 0 Å². The van der Waals surface area contributed by atoms with Crippen molar-refractivity contribution in [3.05, 3.63) is 0 Å². The number of hydrogen-bond acceptors (Lipinski definition) is 3. The summed E-state index contributed by atoms with van der Waals surface area (Å²) in [6.07, 6.45) is 6.07. The lowest BCUT2D eigenvalue weighted by Gasteiger charge is -2.27. The second-order valence-corrected chi connectivity index (χ2v) is 4.40. The summed E-state index contributed by atoms with van der Waals surface area (Å²) in [5.74, 6) is 0.154. The average Bonchev–Trinajstić information content (AvgIpc) is 2.26. The first-order chi connectivity index (χ1) is 7.15. The predicted octanol–water partition coefficient (Wildman–Crippen LogP) is 2.33. The van der Waals surface area contributed by atoms with Gasteiger partial charge in [-0.3, -0.25) is 9.59 Å². The Morgan fingerprint density at radius 3 is 2.33 bits per heavy atom. The second-order valence-electron chi connectivity index (χ2n) is 4.40. The summed E-state index contributed by atoms with van der Waals surface area (Å²) in [5.41, 5.74) is 0. The number of Topliss-reactive ketones (excluding diaryl/α,β-unsaturated/α-hetero) is 1. The van der Waals surface area contributed by atoms with E-state index < -0.39 is 0 Å². The standard InChI is InChI=1S/C12H20O3/c1-9(13)11(8-12(14)15-2)10-6-4-3-5-7-10/h10-11H,3-8H2,1-2H3. The highest BCUT2D eigenvalue weighted by atomic mass is 16.5. The van der Waals surface area contributed by atoms with E-state index in [0.717, 1.165) is 12.8 Å². The molecule has 0 aliphatic heterocycles. The molecule has 1 unspecified atom stereocenters. The fourth-order valence-corrected chi connectivity index (χ4v) is 2.44. The van der Waals surface area contributed by atoms with Crippen molar-refractivity contribution in [2.75, 3.05) is 7.11 Å². The van der Waals surface area contributed by atoms with Crippen molar-refractivity contribution in [1.82, 2.24) is 0 Å². The van der Waals surface area contributed by atoms with Crippen LogP contribution in [0.4, 0.5) is 0 Å². The number of ketones is 1. The lowest BCUT2D eigenvalue weighted by molar-refractivity contribution is -0.144. The number of esters is 1. The summed E-state index contributed by atoms with van der Waals surface area (Å²) in [7, 11) is 1.38. The molecule has 1 rings (SSSR count). The maximum Gasteiger partial charge on any atom is 0.306 e. The predicted molar refractivity (Wildman–Crippen MR) is 57.4 cm³/mol. The molecule has 0 spiro atoms. The van der Waals surface area contributed by atoms with Gasteiger partial charge in [-0.25, -0.2) is 0 Å². The molecule has 0 aromatic rings. The van der Waals surface area contributed by atoms with Crippen LogP contribution < -0.4 is 0 Å². The van der Waals surface area contributed by atoms with Gasteiger partial charge in [-0.1, -0.05) is 19.3 Å². The molecule has 0 saturated heterocycles. The van der Waals surface area contributed by atoms with Crippen LogP contribution in [0.3, 0.4) is 0 Å². The van der Waals surface area contributed by atoms with E-state index in [4.69, 9.17) is 0 Å².